The Balaban J connectivity index is 1.85. The molecule has 0 aliphatic carbocycles. The summed E-state index contributed by atoms with van der Waals surface area (Å²) in [6.07, 6.45) is 0. The average molecular weight is 266 g/mol. The van der Waals surface area contributed by atoms with Gasteiger partial charge in [-0.25, -0.2) is 0 Å². The Kier molecular flexibility index (Phi) is 3.05. The lowest BCUT2D eigenvalue weighted by molar-refractivity contribution is -0.0298. The molecule has 1 aliphatic rings. The maximum absolute atomic E-state index is 9.32. The second-order valence-electron chi connectivity index (χ2n) is 4.89. The van der Waals surface area contributed by atoms with E-state index in [1.807, 2.05) is 36.4 Å². The molecule has 3 rings (SSSR count). The summed E-state index contributed by atoms with van der Waals surface area (Å²) in [5.74, 6) is 1.42. The van der Waals surface area contributed by atoms with Gasteiger partial charge in [0.15, 0.2) is 0 Å². The molecule has 0 aromatic heterocycles. The number of hydrogen-bond donors (Lipinski definition) is 1. The van der Waals surface area contributed by atoms with Crippen molar-refractivity contribution in [2.45, 2.75) is 5.41 Å². The first-order valence-electron chi connectivity index (χ1n) is 6.35. The Morgan fingerprint density at radius 3 is 2.45 bits per heavy atom. The quantitative estimate of drug-likeness (QED) is 0.867. The van der Waals surface area contributed by atoms with Crippen LogP contribution in [-0.2, 0) is 10.2 Å². The molecule has 100 valence electrons. The van der Waals surface area contributed by atoms with Gasteiger partial charge >= 0.3 is 0 Å². The van der Waals surface area contributed by atoms with Crippen molar-refractivity contribution in [3.05, 3.63) is 54.1 Å². The van der Waals surface area contributed by atoms with Gasteiger partial charge in [0.1, 0.15) is 16.9 Å². The third kappa shape index (κ3) is 2.20. The van der Waals surface area contributed by atoms with E-state index in [1.54, 1.807) is 12.1 Å². The fraction of sp³-hybridized carbons (Fsp3) is 0.188. The molecule has 4 nitrogen and oxygen atoms in total. The summed E-state index contributed by atoms with van der Waals surface area (Å²) in [6.45, 7) is 0.879. The van der Waals surface area contributed by atoms with E-state index < -0.39 is 5.41 Å². The highest BCUT2D eigenvalue weighted by atomic mass is 16.5. The van der Waals surface area contributed by atoms with Crippen LogP contribution < -0.4 is 10.5 Å². The first-order valence-corrected chi connectivity index (χ1v) is 6.35. The van der Waals surface area contributed by atoms with Gasteiger partial charge in [0.05, 0.1) is 19.3 Å². The zero-order valence-electron chi connectivity index (χ0n) is 10.9. The van der Waals surface area contributed by atoms with Gasteiger partial charge in [-0.2, -0.15) is 5.26 Å². The van der Waals surface area contributed by atoms with Gasteiger partial charge in [-0.05, 0) is 42.0 Å². The van der Waals surface area contributed by atoms with Gasteiger partial charge in [0.25, 0.3) is 0 Å². The lowest BCUT2D eigenvalue weighted by Gasteiger charge is -2.35. The fourth-order valence-corrected chi connectivity index (χ4v) is 2.13. The van der Waals surface area contributed by atoms with Crippen molar-refractivity contribution in [1.82, 2.24) is 0 Å². The van der Waals surface area contributed by atoms with Gasteiger partial charge in [-0.1, -0.05) is 12.1 Å². The molecule has 1 heterocycles. The molecule has 2 aromatic rings. The summed E-state index contributed by atoms with van der Waals surface area (Å²) in [5.41, 5.74) is 6.74. The molecule has 1 saturated heterocycles. The smallest absolute Gasteiger partial charge is 0.129 e. The molecular formula is C16H14N2O2. The predicted octanol–water partition coefficient (Wildman–Crippen LogP) is 2.85. The number of nitrogen functional groups attached to an aromatic ring is 1. The van der Waals surface area contributed by atoms with Gasteiger partial charge in [0.2, 0.25) is 0 Å². The molecule has 20 heavy (non-hydrogen) atoms. The van der Waals surface area contributed by atoms with Crippen LogP contribution in [0.4, 0.5) is 5.69 Å². The van der Waals surface area contributed by atoms with Gasteiger partial charge in [-0.3, -0.25) is 0 Å². The topological polar surface area (TPSA) is 68.3 Å². The molecule has 0 radical (unpaired) electrons. The Labute approximate surface area is 117 Å². The maximum Gasteiger partial charge on any atom is 0.129 e. The molecule has 2 N–H and O–H groups in total. The highest BCUT2D eigenvalue weighted by Crippen LogP contribution is 2.34. The van der Waals surface area contributed by atoms with Gasteiger partial charge < -0.3 is 15.2 Å². The van der Waals surface area contributed by atoms with E-state index in [1.165, 1.54) is 0 Å². The number of rotatable bonds is 3. The van der Waals surface area contributed by atoms with Crippen LogP contribution >= 0.6 is 0 Å². The monoisotopic (exact) mass is 266 g/mol. The first-order chi connectivity index (χ1) is 9.72. The molecule has 0 amide bonds. The van der Waals surface area contributed by atoms with Crippen molar-refractivity contribution >= 4 is 5.69 Å². The fourth-order valence-electron chi connectivity index (χ4n) is 2.13. The van der Waals surface area contributed by atoms with Crippen LogP contribution in [0.1, 0.15) is 5.56 Å². The molecule has 0 atom stereocenters. The Bertz CT molecular complexity index is 655. The lowest BCUT2D eigenvalue weighted by Crippen LogP contribution is -2.45. The minimum absolute atomic E-state index is 0.439. The third-order valence-electron chi connectivity index (χ3n) is 3.41. The molecule has 2 aromatic carbocycles. The summed E-state index contributed by atoms with van der Waals surface area (Å²) in [4.78, 5) is 0. The van der Waals surface area contributed by atoms with Crippen LogP contribution in [0.15, 0.2) is 48.5 Å². The number of hydrogen-bond acceptors (Lipinski definition) is 4. The van der Waals surface area contributed by atoms with E-state index in [2.05, 4.69) is 6.07 Å². The zero-order chi connectivity index (χ0) is 14.0. The van der Waals surface area contributed by atoms with Crippen molar-refractivity contribution < 1.29 is 9.47 Å². The highest BCUT2D eigenvalue weighted by molar-refractivity contribution is 5.45. The van der Waals surface area contributed by atoms with E-state index in [0.29, 0.717) is 30.4 Å². The number of nitrogens with two attached hydrogens (primary N) is 1. The number of nitriles is 1. The minimum atomic E-state index is -0.527. The normalized spacial score (nSPS) is 15.9. The standard InChI is InChI=1S/C16H14N2O2/c17-9-16(10-19-11-16)12-2-1-3-15(8-12)20-14-6-4-13(18)5-7-14/h1-8H,10-11,18H2. The van der Waals surface area contributed by atoms with E-state index in [0.717, 1.165) is 5.56 Å². The van der Waals surface area contributed by atoms with Crippen molar-refractivity contribution in [2.75, 3.05) is 18.9 Å². The van der Waals surface area contributed by atoms with Crippen LogP contribution in [0, 0.1) is 11.3 Å². The third-order valence-corrected chi connectivity index (χ3v) is 3.41. The molecule has 1 fully saturated rings. The van der Waals surface area contributed by atoms with E-state index >= 15 is 0 Å². The van der Waals surface area contributed by atoms with Crippen molar-refractivity contribution in [2.24, 2.45) is 0 Å². The molecule has 0 spiro atoms. The Hall–Kier alpha value is -2.51. The summed E-state index contributed by atoms with van der Waals surface area (Å²) in [5, 5.41) is 9.32. The second-order valence-corrected chi connectivity index (χ2v) is 4.89. The summed E-state index contributed by atoms with van der Waals surface area (Å²) >= 11 is 0. The number of ether oxygens (including phenoxy) is 2. The summed E-state index contributed by atoms with van der Waals surface area (Å²) < 4.78 is 11.0. The summed E-state index contributed by atoms with van der Waals surface area (Å²) in [6, 6.07) is 17.1. The lowest BCUT2D eigenvalue weighted by atomic mass is 9.80. The Morgan fingerprint density at radius 1 is 1.10 bits per heavy atom. The largest absolute Gasteiger partial charge is 0.457 e. The van der Waals surface area contributed by atoms with E-state index in [-0.39, 0.29) is 0 Å². The van der Waals surface area contributed by atoms with Crippen molar-refractivity contribution in [1.29, 1.82) is 5.26 Å². The predicted molar refractivity (Wildman–Crippen MR) is 75.5 cm³/mol. The Morgan fingerprint density at radius 2 is 1.85 bits per heavy atom. The van der Waals surface area contributed by atoms with E-state index in [4.69, 9.17) is 15.2 Å². The van der Waals surface area contributed by atoms with Crippen molar-refractivity contribution in [3.8, 4) is 17.6 Å². The zero-order valence-corrected chi connectivity index (χ0v) is 10.9. The number of benzene rings is 2. The van der Waals surface area contributed by atoms with Gasteiger partial charge in [-0.15, -0.1) is 0 Å². The van der Waals surface area contributed by atoms with Crippen molar-refractivity contribution in [3.63, 3.8) is 0 Å². The molecule has 4 heteroatoms. The maximum atomic E-state index is 9.32. The second kappa shape index (κ2) is 4.87. The van der Waals surface area contributed by atoms with Gasteiger partial charge in [0, 0.05) is 5.69 Å². The van der Waals surface area contributed by atoms with Crippen LogP contribution in [0.3, 0.4) is 0 Å². The van der Waals surface area contributed by atoms with E-state index in [9.17, 15) is 5.26 Å². The number of nitrogens with zero attached hydrogens (tertiary/aromatic N) is 1. The molecule has 0 unspecified atom stereocenters. The molecule has 0 saturated carbocycles. The minimum Gasteiger partial charge on any atom is -0.457 e. The molecule has 1 aliphatic heterocycles. The van der Waals surface area contributed by atoms with Crippen LogP contribution in [0.2, 0.25) is 0 Å². The first kappa shape index (κ1) is 12.5. The highest BCUT2D eigenvalue weighted by Gasteiger charge is 2.40. The van der Waals surface area contributed by atoms with Crippen LogP contribution in [0.25, 0.3) is 0 Å². The average Bonchev–Trinajstić information content (AvgIpc) is 2.41. The number of anilines is 1. The van der Waals surface area contributed by atoms with Crippen LogP contribution in [0.5, 0.6) is 11.5 Å². The molecular weight excluding hydrogens is 252 g/mol. The SMILES string of the molecule is N#CC1(c2cccc(Oc3ccc(N)cc3)c2)COC1. The summed E-state index contributed by atoms with van der Waals surface area (Å²) in [7, 11) is 0. The van der Waals surface area contributed by atoms with Crippen LogP contribution in [-0.4, -0.2) is 13.2 Å². The molecule has 0 bridgehead atoms.